The molecule has 3 aromatic heterocycles. The number of carbonyl (C=O) groups excluding carboxylic acids is 1. The van der Waals surface area contributed by atoms with Crippen molar-refractivity contribution in [1.82, 2.24) is 40.6 Å². The third kappa shape index (κ3) is 6.00. The van der Waals surface area contributed by atoms with E-state index in [0.717, 1.165) is 41.9 Å². The lowest BCUT2D eigenvalue weighted by molar-refractivity contribution is -0.131. The minimum Gasteiger partial charge on any atom is -0.462 e. The molecule has 0 aliphatic carbocycles. The second-order valence-electron chi connectivity index (χ2n) is 11.9. The smallest absolute Gasteiger partial charge is 0.319 e. The summed E-state index contributed by atoms with van der Waals surface area (Å²) >= 11 is 0. The van der Waals surface area contributed by atoms with Crippen LogP contribution in [0.5, 0.6) is 6.01 Å². The first kappa shape index (κ1) is 31.1. The Morgan fingerprint density at radius 3 is 2.88 bits per heavy atom. The maximum Gasteiger partial charge on any atom is 0.319 e. The standard InChI is InChI=1S/C34H32F2N10O2/c1-20-6-9-28-26(17-40-44-28)29(20)24-7-8-25-31(30(24)36)41-34(48-19-22-5-2-12-38-22)42-32(25)45-14-15-46(23(18-45)10-11-37)33(47)27(35)16-21-4-3-13-39-43-21/h3-4,6-9,13,16-17,22-23,38H,2,5,10,12,14-15,18-19H2,1H3,(H,40,44)/b27-16-. The van der Waals surface area contributed by atoms with Crippen LogP contribution in [0.15, 0.2) is 54.6 Å². The van der Waals surface area contributed by atoms with Crippen molar-refractivity contribution in [3.8, 4) is 23.2 Å². The number of anilines is 1. The number of nitriles is 1. The van der Waals surface area contributed by atoms with E-state index in [1.165, 1.54) is 17.2 Å². The lowest BCUT2D eigenvalue weighted by Crippen LogP contribution is -2.55. The zero-order valence-electron chi connectivity index (χ0n) is 26.2. The molecule has 2 aromatic carbocycles. The number of aromatic amines is 1. The zero-order valence-corrected chi connectivity index (χ0v) is 26.2. The minimum atomic E-state index is -1.01. The molecule has 2 N–H and O–H groups in total. The molecule has 2 aliphatic heterocycles. The van der Waals surface area contributed by atoms with Crippen molar-refractivity contribution in [3.05, 3.63) is 71.7 Å². The minimum absolute atomic E-state index is 0.0220. The fraction of sp³-hybridized carbons (Fsp3) is 0.324. The van der Waals surface area contributed by atoms with Crippen molar-refractivity contribution in [2.45, 2.75) is 38.3 Å². The van der Waals surface area contributed by atoms with E-state index < -0.39 is 23.6 Å². The molecule has 0 radical (unpaired) electrons. The van der Waals surface area contributed by atoms with E-state index in [-0.39, 0.29) is 49.3 Å². The first-order chi connectivity index (χ1) is 23.4. The van der Waals surface area contributed by atoms with Gasteiger partial charge in [0.25, 0.3) is 5.91 Å². The van der Waals surface area contributed by atoms with Gasteiger partial charge in [-0.2, -0.15) is 30.5 Å². The number of H-pyrrole nitrogens is 1. The Labute approximate surface area is 274 Å². The SMILES string of the molecule is Cc1ccc2[nH]ncc2c1-c1ccc2c(N3CCN(C(=O)/C(F)=C/c4cccnn4)C(CC#N)C3)nc(OCC3CCCN3)nc2c1F. The molecule has 1 amide bonds. The van der Waals surface area contributed by atoms with Crippen LogP contribution in [-0.2, 0) is 4.79 Å². The molecule has 14 heteroatoms. The van der Waals surface area contributed by atoms with Crippen LogP contribution in [0.2, 0.25) is 0 Å². The van der Waals surface area contributed by atoms with Crippen molar-refractivity contribution in [2.24, 2.45) is 0 Å². The van der Waals surface area contributed by atoms with Gasteiger partial charge < -0.3 is 19.9 Å². The van der Waals surface area contributed by atoms with E-state index in [9.17, 15) is 10.1 Å². The Morgan fingerprint density at radius 2 is 2.08 bits per heavy atom. The van der Waals surface area contributed by atoms with Crippen LogP contribution in [0, 0.1) is 24.1 Å². The number of ether oxygens (including phenoxy) is 1. The largest absolute Gasteiger partial charge is 0.462 e. The molecule has 2 saturated heterocycles. The second-order valence-corrected chi connectivity index (χ2v) is 11.9. The molecule has 0 saturated carbocycles. The molecular weight excluding hydrogens is 618 g/mol. The van der Waals surface area contributed by atoms with E-state index >= 15 is 8.78 Å². The third-order valence-corrected chi connectivity index (χ3v) is 8.89. The number of aryl methyl sites for hydroxylation is 1. The summed E-state index contributed by atoms with van der Waals surface area (Å²) < 4.78 is 37.9. The van der Waals surface area contributed by atoms with Crippen LogP contribution < -0.4 is 15.0 Å². The number of nitrogens with one attached hydrogen (secondary N) is 2. The molecule has 2 atom stereocenters. The van der Waals surface area contributed by atoms with Crippen LogP contribution in [0.3, 0.4) is 0 Å². The van der Waals surface area contributed by atoms with E-state index in [1.807, 2.05) is 24.0 Å². The molecule has 0 bridgehead atoms. The molecule has 12 nitrogen and oxygen atoms in total. The summed E-state index contributed by atoms with van der Waals surface area (Å²) in [7, 11) is 0. The van der Waals surface area contributed by atoms with E-state index in [4.69, 9.17) is 9.72 Å². The summed E-state index contributed by atoms with van der Waals surface area (Å²) in [4.78, 5) is 25.8. The number of carbonyl (C=O) groups is 1. The average molecular weight is 651 g/mol. The molecule has 5 aromatic rings. The van der Waals surface area contributed by atoms with Crippen molar-refractivity contribution < 1.29 is 18.3 Å². The first-order valence-electron chi connectivity index (χ1n) is 15.8. The number of aromatic nitrogens is 6. The first-order valence-corrected chi connectivity index (χ1v) is 15.8. The van der Waals surface area contributed by atoms with Gasteiger partial charge in [0.05, 0.1) is 35.9 Å². The van der Waals surface area contributed by atoms with Crippen LogP contribution in [0.1, 0.15) is 30.5 Å². The van der Waals surface area contributed by atoms with Crippen molar-refractivity contribution in [3.63, 3.8) is 0 Å². The third-order valence-electron chi connectivity index (χ3n) is 8.89. The number of hydrogen-bond acceptors (Lipinski definition) is 10. The summed E-state index contributed by atoms with van der Waals surface area (Å²) in [5.41, 5.74) is 3.01. The summed E-state index contributed by atoms with van der Waals surface area (Å²) in [5, 5.41) is 28.9. The molecule has 2 aliphatic rings. The summed E-state index contributed by atoms with van der Waals surface area (Å²) in [6.07, 6.45) is 6.08. The van der Waals surface area contributed by atoms with E-state index in [1.54, 1.807) is 24.4 Å². The number of hydrogen-bond donors (Lipinski definition) is 2. The molecule has 48 heavy (non-hydrogen) atoms. The van der Waals surface area contributed by atoms with Gasteiger partial charge in [0, 0.05) is 54.3 Å². The van der Waals surface area contributed by atoms with Crippen molar-refractivity contribution >= 4 is 39.6 Å². The molecule has 2 fully saturated rings. The summed E-state index contributed by atoms with van der Waals surface area (Å²) in [5.74, 6) is -1.98. The number of benzene rings is 2. The number of halogens is 2. The molecule has 5 heterocycles. The average Bonchev–Trinajstić information content (AvgIpc) is 3.81. The maximum absolute atomic E-state index is 16.7. The van der Waals surface area contributed by atoms with Gasteiger partial charge in [-0.1, -0.05) is 12.1 Å². The highest BCUT2D eigenvalue weighted by atomic mass is 19.1. The molecular formula is C34H32F2N10O2. The number of nitrogens with zero attached hydrogens (tertiary/aromatic N) is 8. The van der Waals surface area contributed by atoms with E-state index in [0.29, 0.717) is 28.9 Å². The fourth-order valence-electron chi connectivity index (χ4n) is 6.50. The maximum atomic E-state index is 16.7. The number of rotatable bonds is 8. The lowest BCUT2D eigenvalue weighted by atomic mass is 9.95. The van der Waals surface area contributed by atoms with Gasteiger partial charge >= 0.3 is 6.01 Å². The highest BCUT2D eigenvalue weighted by molar-refractivity contribution is 6.00. The normalized spacial score (nSPS) is 18.4. The van der Waals surface area contributed by atoms with Crippen LogP contribution in [-0.4, -0.2) is 86.0 Å². The number of fused-ring (bicyclic) bond motifs is 2. The Hall–Kier alpha value is -5.55. The highest BCUT2D eigenvalue weighted by Crippen LogP contribution is 2.38. The van der Waals surface area contributed by atoms with Gasteiger partial charge in [0.1, 0.15) is 17.9 Å². The van der Waals surface area contributed by atoms with Gasteiger partial charge in [-0.3, -0.25) is 9.89 Å². The molecule has 244 valence electrons. The molecule has 2 unspecified atom stereocenters. The topological polar surface area (TPSA) is 149 Å². The zero-order chi connectivity index (χ0) is 33.2. The van der Waals surface area contributed by atoms with Gasteiger partial charge in [-0.25, -0.2) is 8.78 Å². The molecule has 0 spiro atoms. The second kappa shape index (κ2) is 13.3. The number of amides is 1. The van der Waals surface area contributed by atoms with E-state index in [2.05, 4.69) is 36.8 Å². The van der Waals surface area contributed by atoms with Crippen LogP contribution >= 0.6 is 0 Å². The predicted octanol–water partition coefficient (Wildman–Crippen LogP) is 4.48. The fourth-order valence-corrected chi connectivity index (χ4v) is 6.50. The Kier molecular flexibility index (Phi) is 8.60. The van der Waals surface area contributed by atoms with Gasteiger partial charge in [0.15, 0.2) is 11.6 Å². The van der Waals surface area contributed by atoms with Crippen molar-refractivity contribution in [1.29, 1.82) is 5.26 Å². The monoisotopic (exact) mass is 650 g/mol. The summed E-state index contributed by atoms with van der Waals surface area (Å²) in [6, 6.07) is 12.0. The Balaban J connectivity index is 1.26. The van der Waals surface area contributed by atoms with Crippen LogP contribution in [0.4, 0.5) is 14.6 Å². The summed E-state index contributed by atoms with van der Waals surface area (Å²) in [6.45, 7) is 3.63. The van der Waals surface area contributed by atoms with Gasteiger partial charge in [-0.15, -0.1) is 0 Å². The quantitative estimate of drug-likeness (QED) is 0.230. The molecule has 7 rings (SSSR count). The van der Waals surface area contributed by atoms with Crippen molar-refractivity contribution in [2.75, 3.05) is 37.7 Å². The highest BCUT2D eigenvalue weighted by Gasteiger charge is 2.34. The van der Waals surface area contributed by atoms with Gasteiger partial charge in [0.2, 0.25) is 0 Å². The van der Waals surface area contributed by atoms with Gasteiger partial charge in [-0.05, 0) is 61.7 Å². The Morgan fingerprint density at radius 1 is 1.19 bits per heavy atom. The Bertz CT molecular complexity index is 2060. The number of piperazine rings is 1. The van der Waals surface area contributed by atoms with Crippen LogP contribution in [0.25, 0.3) is 39.0 Å². The lowest BCUT2D eigenvalue weighted by Gasteiger charge is -2.41. The predicted molar refractivity (Wildman–Crippen MR) is 175 cm³/mol.